The van der Waals surface area contributed by atoms with Crippen LogP contribution < -0.4 is 0 Å². The second-order valence-electron chi connectivity index (χ2n) is 28.8. The van der Waals surface area contributed by atoms with Crippen molar-refractivity contribution in [1.29, 1.82) is 0 Å². The fourth-order valence-corrected chi connectivity index (χ4v) is 11.9. The smallest absolute Gasteiger partial charge is 0.0576 e. The summed E-state index contributed by atoms with van der Waals surface area (Å²) in [6.45, 7) is 50.7. The van der Waals surface area contributed by atoms with Gasteiger partial charge in [-0.15, -0.1) is 0 Å². The SMILES string of the molecule is CC(C)(C)n1c2ccccc2c2cccc(-c3ccccc3)c21.CC(C)(C)n1c2ccccc2c2ccccc21.Cc1cccnc1C(C)(C)C.Cc1ccncc1C(C)(C)C.Cc1cncc(C)c1C(C)(C)C.Cc1cnccc1C(C)(C)C. The summed E-state index contributed by atoms with van der Waals surface area (Å²) in [6.07, 6.45) is 13.3. The molecule has 0 aliphatic rings. The van der Waals surface area contributed by atoms with Crippen LogP contribution in [0.3, 0.4) is 0 Å². The summed E-state index contributed by atoms with van der Waals surface area (Å²) < 4.78 is 4.91. The molecule has 6 heterocycles. The van der Waals surface area contributed by atoms with Crippen molar-refractivity contribution in [3.05, 3.63) is 239 Å². The molecule has 0 bridgehead atoms. The Kier molecular flexibility index (Phi) is 21.2. The maximum atomic E-state index is 4.35. The lowest BCUT2D eigenvalue weighted by Crippen LogP contribution is -2.21. The van der Waals surface area contributed by atoms with Gasteiger partial charge in [0.1, 0.15) is 0 Å². The summed E-state index contributed by atoms with van der Waals surface area (Å²) in [5.41, 5.74) is 20.6. The number of pyridine rings is 4. The maximum absolute atomic E-state index is 4.35. The third-order valence-corrected chi connectivity index (χ3v) is 15.2. The van der Waals surface area contributed by atoms with Crippen molar-refractivity contribution >= 4 is 43.6 Å². The number of hydrogen-bond donors (Lipinski definition) is 0. The van der Waals surface area contributed by atoms with Crippen LogP contribution in [0.25, 0.3) is 54.7 Å². The topological polar surface area (TPSA) is 61.4 Å². The van der Waals surface area contributed by atoms with Gasteiger partial charge in [-0.05, 0) is 179 Å². The van der Waals surface area contributed by atoms with E-state index in [1.807, 2.05) is 49.4 Å². The molecule has 6 nitrogen and oxygen atoms in total. The van der Waals surface area contributed by atoms with Gasteiger partial charge in [-0.2, -0.15) is 0 Å². The van der Waals surface area contributed by atoms with Crippen LogP contribution in [0, 0.1) is 34.6 Å². The average molecular weight is 1130 g/mol. The molecule has 85 heavy (non-hydrogen) atoms. The summed E-state index contributed by atoms with van der Waals surface area (Å²) in [6, 6.07) is 51.6. The van der Waals surface area contributed by atoms with Gasteiger partial charge < -0.3 is 9.13 Å². The predicted octanol–water partition coefficient (Wildman–Crippen LogP) is 21.8. The number of benzene rings is 5. The molecule has 0 amide bonds. The number of hydrogen-bond acceptors (Lipinski definition) is 4. The average Bonchev–Trinajstić information content (AvgIpc) is 1.65. The highest BCUT2D eigenvalue weighted by molar-refractivity contribution is 6.13. The van der Waals surface area contributed by atoms with E-state index in [-0.39, 0.29) is 32.7 Å². The molecular formula is C79H100N6. The molecule has 5 aromatic carbocycles. The molecule has 11 aromatic rings. The van der Waals surface area contributed by atoms with Crippen molar-refractivity contribution in [2.75, 3.05) is 0 Å². The van der Waals surface area contributed by atoms with Crippen molar-refractivity contribution in [2.24, 2.45) is 0 Å². The van der Waals surface area contributed by atoms with Crippen molar-refractivity contribution in [2.45, 2.75) is 192 Å². The highest BCUT2D eigenvalue weighted by Gasteiger charge is 2.24. The standard InChI is InChI=1S/C22H21N.C16H17N.C11H17N.3C10H15N/c1-22(2,3)23-20-15-8-7-12-18(20)19-14-9-13-17(21(19)23)16-10-5-4-6-11-16;1-16(2,3)17-14-10-6-4-8-12(14)13-9-5-7-11-15(13)17;1-8-6-12-7-9(2)10(8)11(3,4)5;1-8-7-11-6-5-9(8)10(2,3)4;1-8-5-6-11-7-9(8)10(2,3)4;1-8-6-5-7-11-9(8)10(2,3)4/h4-15H,1-3H3;4-11H,1-3H3;6-7H,1-5H3;3*5-7H,1-4H3. The molecule has 0 unspecified atom stereocenters. The fourth-order valence-electron chi connectivity index (χ4n) is 11.9. The Hall–Kier alpha value is -7.70. The summed E-state index contributed by atoms with van der Waals surface area (Å²) in [5, 5.41) is 5.35. The molecule has 6 aromatic heterocycles. The van der Waals surface area contributed by atoms with Crippen LogP contribution in [0.5, 0.6) is 0 Å². The normalized spacial score (nSPS) is 11.9. The molecule has 0 spiro atoms. The zero-order chi connectivity index (χ0) is 62.9. The van der Waals surface area contributed by atoms with E-state index in [2.05, 4.69) is 328 Å². The van der Waals surface area contributed by atoms with Crippen LogP contribution in [-0.4, -0.2) is 29.1 Å². The summed E-state index contributed by atoms with van der Waals surface area (Å²) >= 11 is 0. The van der Waals surface area contributed by atoms with E-state index in [4.69, 9.17) is 0 Å². The van der Waals surface area contributed by atoms with Crippen LogP contribution in [0.15, 0.2) is 189 Å². The molecule has 0 aliphatic carbocycles. The molecule has 0 fully saturated rings. The van der Waals surface area contributed by atoms with Crippen LogP contribution in [0.1, 0.15) is 175 Å². The lowest BCUT2D eigenvalue weighted by molar-refractivity contribution is 0.423. The van der Waals surface area contributed by atoms with Gasteiger partial charge in [0.15, 0.2) is 0 Å². The first-order chi connectivity index (χ1) is 39.6. The Morgan fingerprint density at radius 1 is 0.306 bits per heavy atom. The molecule has 0 aliphatic heterocycles. The third kappa shape index (κ3) is 16.8. The molecule has 0 N–H and O–H groups in total. The van der Waals surface area contributed by atoms with Crippen molar-refractivity contribution in [1.82, 2.24) is 29.1 Å². The van der Waals surface area contributed by atoms with Crippen molar-refractivity contribution < 1.29 is 0 Å². The van der Waals surface area contributed by atoms with E-state index in [1.54, 1.807) is 0 Å². The molecule has 446 valence electrons. The van der Waals surface area contributed by atoms with E-state index in [1.165, 1.54) is 105 Å². The quantitative estimate of drug-likeness (QED) is 0.164. The highest BCUT2D eigenvalue weighted by atomic mass is 15.1. The van der Waals surface area contributed by atoms with Crippen LogP contribution >= 0.6 is 0 Å². The largest absolute Gasteiger partial charge is 0.335 e. The Morgan fingerprint density at radius 2 is 0.753 bits per heavy atom. The molecule has 11 rings (SSSR count). The van der Waals surface area contributed by atoms with E-state index < -0.39 is 0 Å². The van der Waals surface area contributed by atoms with Gasteiger partial charge in [-0.25, -0.2) is 0 Å². The second kappa shape index (κ2) is 27.1. The number of nitrogens with zero attached hydrogens (tertiary/aromatic N) is 6. The molecule has 0 saturated carbocycles. The van der Waals surface area contributed by atoms with Gasteiger partial charge in [-0.1, -0.05) is 192 Å². The monoisotopic (exact) mass is 1130 g/mol. The summed E-state index contributed by atoms with van der Waals surface area (Å²) in [4.78, 5) is 16.7. The molecule has 6 heteroatoms. The predicted molar refractivity (Wildman–Crippen MR) is 370 cm³/mol. The van der Waals surface area contributed by atoms with Crippen molar-refractivity contribution in [3.8, 4) is 11.1 Å². The minimum atomic E-state index is 0.0201. The Labute approximate surface area is 512 Å². The first-order valence-corrected chi connectivity index (χ1v) is 30.4. The van der Waals surface area contributed by atoms with E-state index in [0.29, 0.717) is 0 Å². The number of fused-ring (bicyclic) bond motifs is 6. The van der Waals surface area contributed by atoms with Gasteiger partial charge in [-0.3, -0.25) is 19.9 Å². The minimum Gasteiger partial charge on any atom is -0.335 e. The van der Waals surface area contributed by atoms with Crippen LogP contribution in [0.2, 0.25) is 0 Å². The number of para-hydroxylation sites is 4. The highest BCUT2D eigenvalue weighted by Crippen LogP contribution is 2.40. The van der Waals surface area contributed by atoms with E-state index >= 15 is 0 Å². The summed E-state index contributed by atoms with van der Waals surface area (Å²) in [7, 11) is 0. The maximum Gasteiger partial charge on any atom is 0.0576 e. The summed E-state index contributed by atoms with van der Waals surface area (Å²) in [5.74, 6) is 0. The van der Waals surface area contributed by atoms with Gasteiger partial charge >= 0.3 is 0 Å². The van der Waals surface area contributed by atoms with Gasteiger partial charge in [0, 0.05) is 109 Å². The minimum absolute atomic E-state index is 0.0201. The van der Waals surface area contributed by atoms with Crippen LogP contribution in [0.4, 0.5) is 0 Å². The Bertz CT molecular complexity index is 3740. The fraction of sp³-hybridized carbons (Fsp3) is 0.367. The molecule has 0 atom stereocenters. The number of rotatable bonds is 1. The zero-order valence-electron chi connectivity index (χ0n) is 56.1. The van der Waals surface area contributed by atoms with Gasteiger partial charge in [0.2, 0.25) is 0 Å². The lowest BCUT2D eigenvalue weighted by atomic mass is 9.82. The van der Waals surface area contributed by atoms with E-state index in [9.17, 15) is 0 Å². The Morgan fingerprint density at radius 3 is 1.16 bits per heavy atom. The number of aryl methyl sites for hydroxylation is 5. The van der Waals surface area contributed by atoms with Crippen molar-refractivity contribution in [3.63, 3.8) is 0 Å². The zero-order valence-corrected chi connectivity index (χ0v) is 56.1. The molecule has 0 saturated heterocycles. The van der Waals surface area contributed by atoms with E-state index in [0.717, 1.165) is 0 Å². The Balaban J connectivity index is 0.000000168. The lowest BCUT2D eigenvalue weighted by Gasteiger charge is -2.25. The number of aromatic nitrogens is 6. The van der Waals surface area contributed by atoms with Gasteiger partial charge in [0.05, 0.1) is 5.52 Å². The first kappa shape index (κ1) is 66.4. The van der Waals surface area contributed by atoms with Crippen LogP contribution in [-0.2, 0) is 32.7 Å². The van der Waals surface area contributed by atoms with Gasteiger partial charge in [0.25, 0.3) is 0 Å². The first-order valence-electron chi connectivity index (χ1n) is 30.4. The second-order valence-corrected chi connectivity index (χ2v) is 28.8. The third-order valence-electron chi connectivity index (χ3n) is 15.2. The molecule has 0 radical (unpaired) electrons. The molecular weight excluding hydrogens is 1030 g/mol.